The number of aromatic hydroxyl groups is 1. The molecule has 2 N–H and O–H groups in total. The molecule has 1 amide bonds. The smallest absolute Gasteiger partial charge is 0.274 e. The molecule has 1 aliphatic heterocycles. The van der Waals surface area contributed by atoms with Crippen molar-refractivity contribution in [3.8, 4) is 28.7 Å². The van der Waals surface area contributed by atoms with Crippen molar-refractivity contribution in [3.63, 3.8) is 0 Å². The first-order valence-electron chi connectivity index (χ1n) is 10.5. The molecular formula is C25H24N2O6. The molecule has 0 fully saturated rings. The van der Waals surface area contributed by atoms with Gasteiger partial charge in [-0.2, -0.15) is 0 Å². The number of phenols is 1. The number of anilines is 1. The summed E-state index contributed by atoms with van der Waals surface area (Å²) in [6.07, 6.45) is 0.677. The predicted octanol–water partition coefficient (Wildman–Crippen LogP) is 4.26. The van der Waals surface area contributed by atoms with E-state index in [1.165, 1.54) is 14.2 Å². The van der Waals surface area contributed by atoms with Gasteiger partial charge in [-0.15, -0.1) is 0 Å². The fourth-order valence-electron chi connectivity index (χ4n) is 4.62. The van der Waals surface area contributed by atoms with Crippen molar-refractivity contribution >= 4 is 33.3 Å². The lowest BCUT2D eigenvalue weighted by Gasteiger charge is -2.18. The first-order valence-corrected chi connectivity index (χ1v) is 10.5. The Hall–Kier alpha value is -4.07. The molecule has 0 unspecified atom stereocenters. The number of hydrogen-bond donors (Lipinski definition) is 2. The molecule has 170 valence electrons. The number of carbonyl (C=O) groups is 1. The number of rotatable bonds is 5. The third kappa shape index (κ3) is 3.09. The Morgan fingerprint density at radius 1 is 0.939 bits per heavy atom. The van der Waals surface area contributed by atoms with Crippen LogP contribution in [0.5, 0.6) is 28.7 Å². The average molecular weight is 448 g/mol. The predicted molar refractivity (Wildman–Crippen MR) is 126 cm³/mol. The number of benzene rings is 3. The Labute approximate surface area is 190 Å². The highest BCUT2D eigenvalue weighted by Gasteiger charge is 2.30. The van der Waals surface area contributed by atoms with Crippen LogP contribution < -0.4 is 23.8 Å². The number of nitrogens with zero attached hydrogens (tertiary/aromatic N) is 1. The van der Waals surface area contributed by atoms with E-state index in [0.29, 0.717) is 52.9 Å². The van der Waals surface area contributed by atoms with E-state index in [1.807, 2.05) is 18.2 Å². The Bertz CT molecular complexity index is 1410. The molecule has 0 saturated heterocycles. The summed E-state index contributed by atoms with van der Waals surface area (Å²) in [4.78, 5) is 18.4. The highest BCUT2D eigenvalue weighted by molar-refractivity contribution is 6.11. The van der Waals surface area contributed by atoms with Crippen molar-refractivity contribution in [2.75, 3.05) is 39.9 Å². The van der Waals surface area contributed by atoms with Crippen LogP contribution in [0.2, 0.25) is 0 Å². The monoisotopic (exact) mass is 448 g/mol. The number of aromatic amines is 1. The summed E-state index contributed by atoms with van der Waals surface area (Å²) >= 11 is 0. The van der Waals surface area contributed by atoms with Gasteiger partial charge >= 0.3 is 0 Å². The summed E-state index contributed by atoms with van der Waals surface area (Å²) in [6.45, 7) is 0.503. The van der Waals surface area contributed by atoms with Crippen molar-refractivity contribution in [2.24, 2.45) is 0 Å². The Morgan fingerprint density at radius 3 is 2.42 bits per heavy atom. The van der Waals surface area contributed by atoms with Gasteiger partial charge in [0.15, 0.2) is 11.5 Å². The molecule has 5 rings (SSSR count). The zero-order valence-electron chi connectivity index (χ0n) is 18.8. The summed E-state index contributed by atoms with van der Waals surface area (Å²) in [5, 5.41) is 13.0. The van der Waals surface area contributed by atoms with Crippen LogP contribution in [0, 0.1) is 0 Å². The van der Waals surface area contributed by atoms with Crippen molar-refractivity contribution in [2.45, 2.75) is 6.42 Å². The minimum atomic E-state index is -0.202. The van der Waals surface area contributed by atoms with E-state index in [1.54, 1.807) is 37.3 Å². The minimum Gasteiger partial charge on any atom is -0.507 e. The van der Waals surface area contributed by atoms with Crippen LogP contribution in [-0.2, 0) is 6.42 Å². The first-order chi connectivity index (χ1) is 16.0. The standard InChI is InChI=1S/C25H24N2O6/c1-30-14-5-6-16-17(11-14)15-7-8-27(19(15)12-20(16)28)25(29)18-9-13-10-21(31-2)23(32-3)24(33-4)22(13)26-18/h5-6,9-12,26,28H,7-8H2,1-4H3. The maximum absolute atomic E-state index is 13.5. The van der Waals surface area contributed by atoms with Crippen LogP contribution in [0.4, 0.5) is 5.69 Å². The number of H-pyrrole nitrogens is 1. The van der Waals surface area contributed by atoms with Crippen molar-refractivity contribution in [1.29, 1.82) is 0 Å². The zero-order chi connectivity index (χ0) is 23.3. The second-order valence-corrected chi connectivity index (χ2v) is 7.80. The number of nitrogens with one attached hydrogen (secondary N) is 1. The molecule has 33 heavy (non-hydrogen) atoms. The van der Waals surface area contributed by atoms with E-state index in [-0.39, 0.29) is 11.7 Å². The fourth-order valence-corrected chi connectivity index (χ4v) is 4.62. The molecule has 0 saturated carbocycles. The number of aromatic nitrogens is 1. The van der Waals surface area contributed by atoms with Crippen molar-refractivity contribution in [1.82, 2.24) is 4.98 Å². The Kier molecular flexibility index (Phi) is 4.92. The number of phenolic OH excluding ortho intramolecular Hbond substituents is 1. The summed E-state index contributed by atoms with van der Waals surface area (Å²) in [6, 6.07) is 10.8. The van der Waals surface area contributed by atoms with Crippen LogP contribution in [0.1, 0.15) is 16.1 Å². The van der Waals surface area contributed by atoms with E-state index < -0.39 is 0 Å². The molecule has 0 spiro atoms. The number of carbonyl (C=O) groups excluding carboxylic acids is 1. The van der Waals surface area contributed by atoms with Crippen LogP contribution in [0.25, 0.3) is 21.7 Å². The zero-order valence-corrected chi connectivity index (χ0v) is 18.8. The van der Waals surface area contributed by atoms with Gasteiger partial charge in [0.2, 0.25) is 5.75 Å². The average Bonchev–Trinajstić information content (AvgIpc) is 3.46. The number of ether oxygens (including phenoxy) is 4. The number of methoxy groups -OCH3 is 4. The van der Waals surface area contributed by atoms with Gasteiger partial charge in [0, 0.05) is 23.4 Å². The van der Waals surface area contributed by atoms with E-state index in [0.717, 1.165) is 21.7 Å². The quantitative estimate of drug-likeness (QED) is 0.474. The summed E-state index contributed by atoms with van der Waals surface area (Å²) in [5.41, 5.74) is 2.74. The molecular weight excluding hydrogens is 424 g/mol. The molecule has 3 aromatic carbocycles. The second-order valence-electron chi connectivity index (χ2n) is 7.80. The number of amides is 1. The summed E-state index contributed by atoms with van der Waals surface area (Å²) < 4.78 is 21.8. The molecule has 0 atom stereocenters. The Balaban J connectivity index is 1.61. The lowest BCUT2D eigenvalue weighted by Crippen LogP contribution is -2.29. The summed E-state index contributed by atoms with van der Waals surface area (Å²) in [7, 11) is 6.23. The lowest BCUT2D eigenvalue weighted by molar-refractivity contribution is 0.0985. The molecule has 2 heterocycles. The third-order valence-electron chi connectivity index (χ3n) is 6.18. The van der Waals surface area contributed by atoms with Crippen LogP contribution in [0.3, 0.4) is 0 Å². The lowest BCUT2D eigenvalue weighted by atomic mass is 10.0. The van der Waals surface area contributed by atoms with E-state index in [4.69, 9.17) is 18.9 Å². The van der Waals surface area contributed by atoms with Gasteiger partial charge in [0.25, 0.3) is 5.91 Å². The highest BCUT2D eigenvalue weighted by Crippen LogP contribution is 2.44. The van der Waals surface area contributed by atoms with Gasteiger partial charge in [0.05, 0.1) is 39.6 Å². The van der Waals surface area contributed by atoms with Crippen LogP contribution in [0.15, 0.2) is 36.4 Å². The van der Waals surface area contributed by atoms with Crippen molar-refractivity contribution in [3.05, 3.63) is 47.7 Å². The van der Waals surface area contributed by atoms with E-state index >= 15 is 0 Å². The highest BCUT2D eigenvalue weighted by atomic mass is 16.5. The molecule has 1 aromatic heterocycles. The summed E-state index contributed by atoms with van der Waals surface area (Å²) in [5.74, 6) is 2.04. The SMILES string of the molecule is COc1ccc2c(O)cc3c(c2c1)CCN3C(=O)c1cc2cc(OC)c(OC)c(OC)c2[nH]1. The van der Waals surface area contributed by atoms with Gasteiger partial charge in [0.1, 0.15) is 17.2 Å². The maximum Gasteiger partial charge on any atom is 0.274 e. The molecule has 8 heteroatoms. The molecule has 4 aromatic rings. The molecule has 1 aliphatic rings. The minimum absolute atomic E-state index is 0.124. The fraction of sp³-hybridized carbons (Fsp3) is 0.240. The van der Waals surface area contributed by atoms with Gasteiger partial charge in [-0.1, -0.05) is 0 Å². The first kappa shape index (κ1) is 20.8. The third-order valence-corrected chi connectivity index (χ3v) is 6.18. The van der Waals surface area contributed by atoms with Gasteiger partial charge in [-0.3, -0.25) is 4.79 Å². The van der Waals surface area contributed by atoms with E-state index in [9.17, 15) is 9.90 Å². The van der Waals surface area contributed by atoms with E-state index in [2.05, 4.69) is 4.98 Å². The topological polar surface area (TPSA) is 93.2 Å². The molecule has 8 nitrogen and oxygen atoms in total. The van der Waals surface area contributed by atoms with Crippen LogP contribution >= 0.6 is 0 Å². The molecule has 0 bridgehead atoms. The van der Waals surface area contributed by atoms with Crippen molar-refractivity contribution < 1.29 is 28.8 Å². The van der Waals surface area contributed by atoms with Crippen LogP contribution in [-0.4, -0.2) is 51.0 Å². The van der Waals surface area contributed by atoms with Gasteiger partial charge in [-0.05, 0) is 47.7 Å². The number of fused-ring (bicyclic) bond motifs is 4. The number of hydrogen-bond acceptors (Lipinski definition) is 6. The Morgan fingerprint density at radius 2 is 1.73 bits per heavy atom. The van der Waals surface area contributed by atoms with Gasteiger partial charge in [-0.25, -0.2) is 0 Å². The largest absolute Gasteiger partial charge is 0.507 e. The van der Waals surface area contributed by atoms with Gasteiger partial charge < -0.3 is 33.9 Å². The second kappa shape index (κ2) is 7.81. The maximum atomic E-state index is 13.5. The molecule has 0 aliphatic carbocycles. The normalized spacial score (nSPS) is 12.8. The molecule has 0 radical (unpaired) electrons.